The number of ether oxygens (including phenoxy) is 2. The van der Waals surface area contributed by atoms with Crippen molar-refractivity contribution in [1.82, 2.24) is 0 Å². The van der Waals surface area contributed by atoms with E-state index in [2.05, 4.69) is 12.1 Å². The smallest absolute Gasteiger partial charge is 0.226 e. The molecule has 0 aliphatic carbocycles. The summed E-state index contributed by atoms with van der Waals surface area (Å²) in [6.45, 7) is 2.29. The fraction of sp³-hybridized carbons (Fsp3) is 0.462. The lowest BCUT2D eigenvalue weighted by molar-refractivity contribution is -0.246. The van der Waals surface area contributed by atoms with Gasteiger partial charge >= 0.3 is 0 Å². The highest BCUT2D eigenvalue weighted by atomic mass is 16.7. The van der Waals surface area contributed by atoms with Crippen LogP contribution in [0.3, 0.4) is 0 Å². The van der Waals surface area contributed by atoms with E-state index >= 15 is 0 Å². The van der Waals surface area contributed by atoms with E-state index in [1.165, 1.54) is 5.56 Å². The number of carbonyl (C=O) groups excluding carboxylic acids is 1. The predicted molar refractivity (Wildman–Crippen MR) is 58.0 cm³/mol. The SMILES string of the molecule is C[C@@]12OC[C@@H](c3ccccc3)[C@@H](CC1=O)O2. The van der Waals surface area contributed by atoms with Crippen molar-refractivity contribution in [3.63, 3.8) is 0 Å². The summed E-state index contributed by atoms with van der Waals surface area (Å²) in [4.78, 5) is 11.7. The zero-order valence-corrected chi connectivity index (χ0v) is 9.18. The minimum Gasteiger partial charge on any atom is -0.343 e. The van der Waals surface area contributed by atoms with Crippen molar-refractivity contribution in [2.24, 2.45) is 0 Å². The van der Waals surface area contributed by atoms with E-state index in [4.69, 9.17) is 9.47 Å². The Hall–Kier alpha value is -1.19. The van der Waals surface area contributed by atoms with Gasteiger partial charge in [0.25, 0.3) is 0 Å². The summed E-state index contributed by atoms with van der Waals surface area (Å²) in [7, 11) is 0. The van der Waals surface area contributed by atoms with Crippen molar-refractivity contribution in [2.75, 3.05) is 6.61 Å². The van der Waals surface area contributed by atoms with Gasteiger partial charge < -0.3 is 9.47 Å². The number of hydrogen-bond donors (Lipinski definition) is 0. The monoisotopic (exact) mass is 218 g/mol. The van der Waals surface area contributed by atoms with Crippen molar-refractivity contribution in [3.8, 4) is 0 Å². The molecule has 3 rings (SSSR count). The minimum atomic E-state index is -0.976. The quantitative estimate of drug-likeness (QED) is 0.722. The van der Waals surface area contributed by atoms with Crippen LogP contribution in [0.15, 0.2) is 30.3 Å². The Labute approximate surface area is 94.4 Å². The Kier molecular flexibility index (Phi) is 2.13. The van der Waals surface area contributed by atoms with Crippen LogP contribution in [0.5, 0.6) is 0 Å². The van der Waals surface area contributed by atoms with Crippen molar-refractivity contribution in [2.45, 2.75) is 31.2 Å². The van der Waals surface area contributed by atoms with E-state index in [9.17, 15) is 4.79 Å². The Morgan fingerprint density at radius 1 is 1.31 bits per heavy atom. The van der Waals surface area contributed by atoms with E-state index < -0.39 is 5.79 Å². The van der Waals surface area contributed by atoms with Crippen LogP contribution in [0.1, 0.15) is 24.8 Å². The first-order valence-electron chi connectivity index (χ1n) is 5.59. The molecule has 0 N–H and O–H groups in total. The zero-order valence-electron chi connectivity index (χ0n) is 9.18. The first kappa shape index (κ1) is 10.00. The highest BCUT2D eigenvalue weighted by Crippen LogP contribution is 2.41. The van der Waals surface area contributed by atoms with Crippen molar-refractivity contribution >= 4 is 5.78 Å². The lowest BCUT2D eigenvalue weighted by Crippen LogP contribution is -2.42. The maximum atomic E-state index is 11.7. The number of rotatable bonds is 1. The second kappa shape index (κ2) is 3.40. The summed E-state index contributed by atoms with van der Waals surface area (Å²) in [6.07, 6.45) is 0.449. The van der Waals surface area contributed by atoms with Crippen molar-refractivity contribution in [1.29, 1.82) is 0 Å². The third kappa shape index (κ3) is 1.39. The summed E-state index contributed by atoms with van der Waals surface area (Å²) < 4.78 is 11.3. The van der Waals surface area contributed by atoms with E-state index in [0.29, 0.717) is 13.0 Å². The van der Waals surface area contributed by atoms with Gasteiger partial charge in [0.15, 0.2) is 5.78 Å². The summed E-state index contributed by atoms with van der Waals surface area (Å²) in [5, 5.41) is 0. The van der Waals surface area contributed by atoms with Crippen LogP contribution in [0.4, 0.5) is 0 Å². The van der Waals surface area contributed by atoms with Crippen molar-refractivity contribution < 1.29 is 14.3 Å². The number of benzene rings is 1. The largest absolute Gasteiger partial charge is 0.343 e. The molecule has 2 aliphatic heterocycles. The molecule has 2 aliphatic rings. The molecule has 3 heteroatoms. The molecular weight excluding hydrogens is 204 g/mol. The standard InChI is InChI=1S/C13H14O3/c1-13-12(14)7-11(16-13)10(8-15-13)9-5-3-2-4-6-9/h2-6,10-11H,7-8H2,1H3/t10-,11+,13-/m0/s1. The van der Waals surface area contributed by atoms with Crippen LogP contribution >= 0.6 is 0 Å². The van der Waals surface area contributed by atoms with Gasteiger partial charge in [0.1, 0.15) is 0 Å². The van der Waals surface area contributed by atoms with Gasteiger partial charge in [-0.25, -0.2) is 0 Å². The summed E-state index contributed by atoms with van der Waals surface area (Å²) in [5.74, 6) is -0.729. The zero-order chi connectivity index (χ0) is 11.2. The topological polar surface area (TPSA) is 35.5 Å². The predicted octanol–water partition coefficient (Wildman–Crippen LogP) is 1.87. The molecule has 1 aromatic carbocycles. The molecule has 16 heavy (non-hydrogen) atoms. The average molecular weight is 218 g/mol. The third-order valence-corrected chi connectivity index (χ3v) is 3.48. The van der Waals surface area contributed by atoms with Gasteiger partial charge in [-0.15, -0.1) is 0 Å². The highest BCUT2D eigenvalue weighted by Gasteiger charge is 2.52. The molecule has 0 unspecified atom stereocenters. The van der Waals surface area contributed by atoms with Crippen LogP contribution in [0.2, 0.25) is 0 Å². The molecule has 2 bridgehead atoms. The van der Waals surface area contributed by atoms with Gasteiger partial charge in [-0.1, -0.05) is 30.3 Å². The lowest BCUT2D eigenvalue weighted by atomic mass is 9.93. The molecule has 2 saturated heterocycles. The first-order chi connectivity index (χ1) is 7.69. The number of Topliss-reactive ketones (excluding diaryl/α,β-unsaturated/α-hetero) is 1. The van der Waals surface area contributed by atoms with E-state index in [-0.39, 0.29) is 17.8 Å². The third-order valence-electron chi connectivity index (χ3n) is 3.48. The summed E-state index contributed by atoms with van der Waals surface area (Å²) >= 11 is 0. The van der Waals surface area contributed by atoms with Crippen LogP contribution < -0.4 is 0 Å². The Bertz CT molecular complexity index is 414. The van der Waals surface area contributed by atoms with Gasteiger partial charge in [-0.05, 0) is 12.5 Å². The minimum absolute atomic E-state index is 0.0198. The fourth-order valence-corrected chi connectivity index (χ4v) is 2.47. The molecule has 84 valence electrons. The molecule has 3 atom stereocenters. The van der Waals surface area contributed by atoms with Gasteiger partial charge in [0.2, 0.25) is 5.79 Å². The molecule has 3 nitrogen and oxygen atoms in total. The van der Waals surface area contributed by atoms with E-state index in [1.54, 1.807) is 6.92 Å². The van der Waals surface area contributed by atoms with E-state index in [0.717, 1.165) is 0 Å². The normalized spacial score (nSPS) is 37.7. The molecule has 0 spiro atoms. The Balaban J connectivity index is 1.89. The van der Waals surface area contributed by atoms with E-state index in [1.807, 2.05) is 18.2 Å². The number of fused-ring (bicyclic) bond motifs is 2. The average Bonchev–Trinajstić information content (AvgIpc) is 2.51. The van der Waals surface area contributed by atoms with Crippen LogP contribution in [-0.2, 0) is 14.3 Å². The molecule has 0 amide bonds. The van der Waals surface area contributed by atoms with Gasteiger partial charge in [-0.2, -0.15) is 0 Å². The summed E-state index contributed by atoms with van der Waals surface area (Å²) in [6, 6.07) is 10.1. The van der Waals surface area contributed by atoms with Gasteiger partial charge in [0.05, 0.1) is 12.7 Å². The molecule has 2 fully saturated rings. The maximum absolute atomic E-state index is 11.7. The molecule has 0 saturated carbocycles. The first-order valence-corrected chi connectivity index (χ1v) is 5.59. The van der Waals surface area contributed by atoms with Crippen LogP contribution in [0.25, 0.3) is 0 Å². The molecule has 2 heterocycles. The number of carbonyl (C=O) groups is 1. The van der Waals surface area contributed by atoms with Crippen LogP contribution in [0, 0.1) is 0 Å². The molecule has 0 radical (unpaired) electrons. The van der Waals surface area contributed by atoms with Gasteiger partial charge in [0, 0.05) is 12.3 Å². The second-order valence-electron chi connectivity index (χ2n) is 4.56. The highest BCUT2D eigenvalue weighted by molar-refractivity contribution is 5.88. The van der Waals surface area contributed by atoms with Crippen molar-refractivity contribution in [3.05, 3.63) is 35.9 Å². The number of ketones is 1. The Morgan fingerprint density at radius 2 is 2.06 bits per heavy atom. The molecule has 1 aromatic rings. The lowest BCUT2D eigenvalue weighted by Gasteiger charge is -2.34. The fourth-order valence-electron chi connectivity index (χ4n) is 2.47. The molecular formula is C13H14O3. The van der Waals surface area contributed by atoms with Crippen LogP contribution in [-0.4, -0.2) is 24.3 Å². The Morgan fingerprint density at radius 3 is 2.81 bits per heavy atom. The number of hydrogen-bond acceptors (Lipinski definition) is 3. The second-order valence-corrected chi connectivity index (χ2v) is 4.56. The molecule has 0 aromatic heterocycles. The maximum Gasteiger partial charge on any atom is 0.226 e. The van der Waals surface area contributed by atoms with Gasteiger partial charge in [-0.3, -0.25) is 4.79 Å². The summed E-state index contributed by atoms with van der Waals surface area (Å²) in [5.41, 5.74) is 1.18.